The van der Waals surface area contributed by atoms with Crippen molar-refractivity contribution < 1.29 is 32.9 Å². The van der Waals surface area contributed by atoms with Crippen LogP contribution >= 0.6 is 0 Å². The molecule has 29 heavy (non-hydrogen) atoms. The fraction of sp³-hybridized carbons (Fsp3) is 0.333. The Labute approximate surface area is 168 Å². The van der Waals surface area contributed by atoms with Gasteiger partial charge in [-0.25, -0.2) is 9.18 Å². The highest BCUT2D eigenvalue weighted by Gasteiger charge is 2.32. The van der Waals surface area contributed by atoms with Gasteiger partial charge in [0, 0.05) is 6.54 Å². The van der Waals surface area contributed by atoms with Crippen LogP contribution in [0.5, 0.6) is 17.2 Å². The molecule has 0 fully saturated rings. The van der Waals surface area contributed by atoms with Crippen molar-refractivity contribution in [2.24, 2.45) is 0 Å². The summed E-state index contributed by atoms with van der Waals surface area (Å²) in [7, 11) is 3.06. The summed E-state index contributed by atoms with van der Waals surface area (Å²) in [6, 6.07) is 10.5. The van der Waals surface area contributed by atoms with E-state index < -0.39 is 29.9 Å². The third kappa shape index (κ3) is 6.38. The molecule has 8 heteroatoms. The molecule has 0 saturated carbocycles. The van der Waals surface area contributed by atoms with E-state index in [0.717, 1.165) is 5.56 Å². The standard InChI is InChI=1S/C21H24FNO6/c1-21(2,29-16-8-6-15(22)7-9-16)20(25)28-13-19(24)23-12-14-5-10-17(26-3)18(11-14)27-4/h5-11H,12-13H2,1-4H3,(H,23,24). The first kappa shape index (κ1) is 22.0. The minimum atomic E-state index is -1.35. The number of hydrogen-bond donors (Lipinski definition) is 1. The molecule has 1 N–H and O–H groups in total. The lowest BCUT2D eigenvalue weighted by Gasteiger charge is -2.24. The Bertz CT molecular complexity index is 851. The van der Waals surface area contributed by atoms with E-state index in [9.17, 15) is 14.0 Å². The summed E-state index contributed by atoms with van der Waals surface area (Å²) in [5, 5.41) is 2.66. The molecule has 0 spiro atoms. The summed E-state index contributed by atoms with van der Waals surface area (Å²) in [6.45, 7) is 2.77. The van der Waals surface area contributed by atoms with Crippen LogP contribution in [0.3, 0.4) is 0 Å². The van der Waals surface area contributed by atoms with Gasteiger partial charge in [0.15, 0.2) is 23.7 Å². The number of esters is 1. The Morgan fingerprint density at radius 1 is 1.00 bits per heavy atom. The lowest BCUT2D eigenvalue weighted by atomic mass is 10.1. The summed E-state index contributed by atoms with van der Waals surface area (Å²) in [5.74, 6) is -0.158. The van der Waals surface area contributed by atoms with Gasteiger partial charge in [-0.1, -0.05) is 6.07 Å². The summed E-state index contributed by atoms with van der Waals surface area (Å²) in [6.07, 6.45) is 0. The Morgan fingerprint density at radius 2 is 1.66 bits per heavy atom. The molecule has 0 unspecified atom stereocenters. The van der Waals surface area contributed by atoms with Crippen molar-refractivity contribution in [1.82, 2.24) is 5.32 Å². The Balaban J connectivity index is 1.83. The summed E-state index contributed by atoms with van der Waals surface area (Å²) in [5.41, 5.74) is -0.552. The zero-order valence-electron chi connectivity index (χ0n) is 16.8. The van der Waals surface area contributed by atoms with E-state index in [1.165, 1.54) is 52.3 Å². The average Bonchev–Trinajstić information content (AvgIpc) is 2.71. The van der Waals surface area contributed by atoms with Gasteiger partial charge in [0.25, 0.3) is 5.91 Å². The molecule has 2 aromatic carbocycles. The zero-order valence-corrected chi connectivity index (χ0v) is 16.8. The molecule has 156 valence electrons. The number of hydrogen-bond acceptors (Lipinski definition) is 6. The SMILES string of the molecule is COc1ccc(CNC(=O)COC(=O)C(C)(C)Oc2ccc(F)cc2)cc1OC. The van der Waals surface area contributed by atoms with E-state index in [-0.39, 0.29) is 6.54 Å². The van der Waals surface area contributed by atoms with Crippen molar-refractivity contribution in [2.45, 2.75) is 26.0 Å². The third-order valence-corrected chi connectivity index (χ3v) is 3.95. The lowest BCUT2D eigenvalue weighted by molar-refractivity contribution is -0.162. The number of carbonyl (C=O) groups is 2. The van der Waals surface area contributed by atoms with E-state index in [1.54, 1.807) is 18.2 Å². The number of methoxy groups -OCH3 is 2. The van der Waals surface area contributed by atoms with Crippen LogP contribution in [-0.2, 0) is 20.9 Å². The van der Waals surface area contributed by atoms with E-state index in [4.69, 9.17) is 18.9 Å². The molecule has 0 bridgehead atoms. The maximum atomic E-state index is 13.0. The topological polar surface area (TPSA) is 83.1 Å². The molecule has 0 saturated heterocycles. The number of rotatable bonds is 9. The van der Waals surface area contributed by atoms with E-state index in [1.807, 2.05) is 0 Å². The summed E-state index contributed by atoms with van der Waals surface area (Å²) >= 11 is 0. The van der Waals surface area contributed by atoms with Gasteiger partial charge >= 0.3 is 5.97 Å². The van der Waals surface area contributed by atoms with Crippen LogP contribution in [0, 0.1) is 5.82 Å². The summed E-state index contributed by atoms with van der Waals surface area (Å²) in [4.78, 5) is 24.2. The van der Waals surface area contributed by atoms with Crippen LogP contribution in [0.1, 0.15) is 19.4 Å². The van der Waals surface area contributed by atoms with E-state index >= 15 is 0 Å². The molecule has 0 atom stereocenters. The Morgan fingerprint density at radius 3 is 2.28 bits per heavy atom. The molecule has 0 aliphatic carbocycles. The molecule has 2 rings (SSSR count). The first-order chi connectivity index (χ1) is 13.7. The van der Waals surface area contributed by atoms with Crippen molar-refractivity contribution in [3.05, 3.63) is 53.8 Å². The number of halogens is 1. The number of ether oxygens (including phenoxy) is 4. The van der Waals surface area contributed by atoms with Gasteiger partial charge in [0.1, 0.15) is 11.6 Å². The highest BCUT2D eigenvalue weighted by atomic mass is 19.1. The molecule has 2 aromatic rings. The Kier molecular flexibility index (Phi) is 7.41. The zero-order chi connectivity index (χ0) is 21.4. The smallest absolute Gasteiger partial charge is 0.350 e. The van der Waals surface area contributed by atoms with Crippen molar-refractivity contribution in [3.63, 3.8) is 0 Å². The van der Waals surface area contributed by atoms with Gasteiger partial charge in [0.2, 0.25) is 0 Å². The molecule has 0 aliphatic heterocycles. The van der Waals surface area contributed by atoms with Gasteiger partial charge < -0.3 is 24.3 Å². The molecule has 1 amide bonds. The molecule has 0 aliphatic rings. The fourth-order valence-corrected chi connectivity index (χ4v) is 2.39. The second-order valence-electron chi connectivity index (χ2n) is 6.61. The van der Waals surface area contributed by atoms with Crippen LogP contribution in [0.15, 0.2) is 42.5 Å². The van der Waals surface area contributed by atoms with Crippen molar-refractivity contribution in [3.8, 4) is 17.2 Å². The number of amides is 1. The normalized spacial score (nSPS) is 10.8. The highest BCUT2D eigenvalue weighted by molar-refractivity contribution is 5.84. The minimum absolute atomic E-state index is 0.228. The first-order valence-electron chi connectivity index (χ1n) is 8.84. The van der Waals surface area contributed by atoms with Crippen molar-refractivity contribution in [1.29, 1.82) is 0 Å². The predicted molar refractivity (Wildman–Crippen MR) is 103 cm³/mol. The number of nitrogens with one attached hydrogen (secondary N) is 1. The quantitative estimate of drug-likeness (QED) is 0.646. The monoisotopic (exact) mass is 405 g/mol. The Hall–Kier alpha value is -3.29. The predicted octanol–water partition coefficient (Wildman–Crippen LogP) is 2.86. The van der Waals surface area contributed by atoms with Gasteiger partial charge in [-0.3, -0.25) is 4.79 Å². The lowest BCUT2D eigenvalue weighted by Crippen LogP contribution is -2.41. The fourth-order valence-electron chi connectivity index (χ4n) is 2.39. The maximum absolute atomic E-state index is 13.0. The van der Waals surface area contributed by atoms with Crippen molar-refractivity contribution in [2.75, 3.05) is 20.8 Å². The first-order valence-corrected chi connectivity index (χ1v) is 8.84. The van der Waals surface area contributed by atoms with Crippen LogP contribution in [0.4, 0.5) is 4.39 Å². The van der Waals surface area contributed by atoms with Crippen LogP contribution < -0.4 is 19.5 Å². The molecule has 0 radical (unpaired) electrons. The molecule has 0 aromatic heterocycles. The second kappa shape index (κ2) is 9.77. The molecule has 0 heterocycles. The molecular formula is C21H24FNO6. The second-order valence-corrected chi connectivity index (χ2v) is 6.61. The van der Waals surface area contributed by atoms with E-state index in [0.29, 0.717) is 17.2 Å². The van der Waals surface area contributed by atoms with Crippen LogP contribution in [0.2, 0.25) is 0 Å². The average molecular weight is 405 g/mol. The summed E-state index contributed by atoms with van der Waals surface area (Å²) < 4.78 is 33.9. The molecule has 7 nitrogen and oxygen atoms in total. The van der Waals surface area contributed by atoms with Gasteiger partial charge in [-0.2, -0.15) is 0 Å². The van der Waals surface area contributed by atoms with Crippen LogP contribution in [-0.4, -0.2) is 38.3 Å². The number of benzene rings is 2. The van der Waals surface area contributed by atoms with Crippen LogP contribution in [0.25, 0.3) is 0 Å². The highest BCUT2D eigenvalue weighted by Crippen LogP contribution is 2.27. The van der Waals surface area contributed by atoms with Crippen molar-refractivity contribution >= 4 is 11.9 Å². The minimum Gasteiger partial charge on any atom is -0.493 e. The van der Waals surface area contributed by atoms with Gasteiger partial charge in [-0.15, -0.1) is 0 Å². The van der Waals surface area contributed by atoms with Gasteiger partial charge in [0.05, 0.1) is 14.2 Å². The third-order valence-electron chi connectivity index (χ3n) is 3.95. The maximum Gasteiger partial charge on any atom is 0.350 e. The molecular weight excluding hydrogens is 381 g/mol. The largest absolute Gasteiger partial charge is 0.493 e. The van der Waals surface area contributed by atoms with Gasteiger partial charge in [-0.05, 0) is 55.8 Å². The van der Waals surface area contributed by atoms with E-state index in [2.05, 4.69) is 5.32 Å². The number of carbonyl (C=O) groups excluding carboxylic acids is 2.